The van der Waals surface area contributed by atoms with Crippen LogP contribution in [0.2, 0.25) is 0 Å². The van der Waals surface area contributed by atoms with Gasteiger partial charge in [-0.15, -0.1) is 0 Å². The number of ether oxygens (including phenoxy) is 2. The molecule has 0 saturated carbocycles. The fourth-order valence-corrected chi connectivity index (χ4v) is 0.425. The Morgan fingerprint density at radius 2 is 1.33 bits per heavy atom. The summed E-state index contributed by atoms with van der Waals surface area (Å²) in [7, 11) is 3.03. The maximum absolute atomic E-state index is 5.38. The molecule has 0 aliphatic carbocycles. The van der Waals surface area contributed by atoms with Crippen molar-refractivity contribution in [2.24, 2.45) is 21.7 Å². The van der Waals surface area contributed by atoms with Gasteiger partial charge in [0.25, 0.3) is 0 Å². The summed E-state index contributed by atoms with van der Waals surface area (Å²) in [6.45, 7) is 0.680. The molecule has 0 aromatic rings. The van der Waals surface area contributed by atoms with Crippen molar-refractivity contribution in [3.05, 3.63) is 0 Å². The van der Waals surface area contributed by atoms with Gasteiger partial charge in [-0.1, -0.05) is 0 Å². The lowest BCUT2D eigenvalue weighted by Gasteiger charge is -2.05. The van der Waals surface area contributed by atoms with E-state index in [4.69, 9.17) is 20.9 Å². The monoisotopic (exact) mass is 176 g/mol. The first kappa shape index (κ1) is 11.4. The van der Waals surface area contributed by atoms with Crippen LogP contribution in [0.4, 0.5) is 0 Å². The van der Waals surface area contributed by atoms with Crippen LogP contribution in [0.5, 0.6) is 0 Å². The van der Waals surface area contributed by atoms with Gasteiger partial charge in [0.2, 0.25) is 0 Å². The van der Waals surface area contributed by atoms with Crippen LogP contribution in [-0.4, -0.2) is 39.8 Å². The summed E-state index contributed by atoms with van der Waals surface area (Å²) in [4.78, 5) is 0. The Balaban J connectivity index is 3.36. The molecule has 0 radical (unpaired) electrons. The molecule has 0 spiro atoms. The molecule has 2 atom stereocenters. The number of hydrogen-bond donors (Lipinski definition) is 2. The van der Waals surface area contributed by atoms with E-state index in [0.717, 1.165) is 0 Å². The van der Waals surface area contributed by atoms with Gasteiger partial charge in [-0.2, -0.15) is 10.2 Å². The van der Waals surface area contributed by atoms with Gasteiger partial charge < -0.3 is 20.9 Å². The van der Waals surface area contributed by atoms with Crippen molar-refractivity contribution in [2.75, 3.05) is 27.3 Å². The summed E-state index contributed by atoms with van der Waals surface area (Å²) in [6, 6.07) is 0. The molecule has 0 bridgehead atoms. The molecular weight excluding hydrogens is 160 g/mol. The average molecular weight is 176 g/mol. The number of nitrogens with two attached hydrogens (primary N) is 2. The summed E-state index contributed by atoms with van der Waals surface area (Å²) in [5, 5.41) is 7.49. The molecule has 6 heteroatoms. The number of nitrogens with zero attached hydrogens (tertiary/aromatic N) is 2. The van der Waals surface area contributed by atoms with Crippen LogP contribution >= 0.6 is 0 Å². The Morgan fingerprint density at radius 1 is 1.00 bits per heavy atom. The van der Waals surface area contributed by atoms with E-state index in [1.807, 2.05) is 0 Å². The van der Waals surface area contributed by atoms with Gasteiger partial charge in [0, 0.05) is 14.2 Å². The molecule has 0 aromatic carbocycles. The molecule has 0 aromatic heterocycles. The van der Waals surface area contributed by atoms with Crippen molar-refractivity contribution in [1.82, 2.24) is 0 Å². The van der Waals surface area contributed by atoms with Gasteiger partial charge >= 0.3 is 0 Å². The van der Waals surface area contributed by atoms with E-state index in [0.29, 0.717) is 13.1 Å². The lowest BCUT2D eigenvalue weighted by molar-refractivity contribution is 0.108. The van der Waals surface area contributed by atoms with Crippen molar-refractivity contribution in [3.63, 3.8) is 0 Å². The van der Waals surface area contributed by atoms with Gasteiger partial charge in [-0.3, -0.25) is 0 Å². The lowest BCUT2D eigenvalue weighted by atomic mass is 10.6. The molecule has 12 heavy (non-hydrogen) atoms. The highest BCUT2D eigenvalue weighted by Gasteiger charge is 1.97. The summed E-state index contributed by atoms with van der Waals surface area (Å²) >= 11 is 0. The minimum atomic E-state index is -0.396. The Labute approximate surface area is 71.9 Å². The van der Waals surface area contributed by atoms with Gasteiger partial charge in [0.05, 0.1) is 13.1 Å². The third-order valence-corrected chi connectivity index (χ3v) is 1.23. The standard InChI is InChI=1S/C6H16N4O2/c1-11-5(7)3-9-10-4-6(8)12-2/h5-6H,3-4,7-8H2,1-2H3. The van der Waals surface area contributed by atoms with E-state index in [2.05, 4.69) is 10.2 Å². The quantitative estimate of drug-likeness (QED) is 0.413. The van der Waals surface area contributed by atoms with Crippen LogP contribution in [0.25, 0.3) is 0 Å². The van der Waals surface area contributed by atoms with Gasteiger partial charge in [0.1, 0.15) is 12.5 Å². The first-order valence-electron chi connectivity index (χ1n) is 3.60. The zero-order chi connectivity index (χ0) is 9.40. The second-order valence-electron chi connectivity index (χ2n) is 2.20. The minimum absolute atomic E-state index is 0.340. The van der Waals surface area contributed by atoms with Crippen molar-refractivity contribution in [3.8, 4) is 0 Å². The third-order valence-electron chi connectivity index (χ3n) is 1.23. The Morgan fingerprint density at radius 3 is 1.58 bits per heavy atom. The second kappa shape index (κ2) is 7.11. The largest absolute Gasteiger partial charge is 0.365 e. The molecule has 2 unspecified atom stereocenters. The molecule has 0 aliphatic heterocycles. The molecule has 0 fully saturated rings. The fraction of sp³-hybridized carbons (Fsp3) is 1.00. The highest BCUT2D eigenvalue weighted by molar-refractivity contribution is 4.51. The normalized spacial score (nSPS) is 16.7. The Bertz CT molecular complexity index is 117. The van der Waals surface area contributed by atoms with E-state index in [1.165, 1.54) is 14.2 Å². The summed E-state index contributed by atoms with van der Waals surface area (Å²) in [5.41, 5.74) is 10.8. The van der Waals surface area contributed by atoms with E-state index >= 15 is 0 Å². The first-order chi connectivity index (χ1) is 5.70. The zero-order valence-electron chi connectivity index (χ0n) is 7.43. The highest BCUT2D eigenvalue weighted by Crippen LogP contribution is 1.85. The van der Waals surface area contributed by atoms with Crippen molar-refractivity contribution in [1.29, 1.82) is 0 Å². The molecule has 0 aliphatic rings. The maximum atomic E-state index is 5.38. The van der Waals surface area contributed by atoms with E-state index in [1.54, 1.807) is 0 Å². The molecular formula is C6H16N4O2. The predicted molar refractivity (Wildman–Crippen MR) is 44.6 cm³/mol. The summed E-state index contributed by atoms with van der Waals surface area (Å²) in [5.74, 6) is 0. The molecule has 72 valence electrons. The first-order valence-corrected chi connectivity index (χ1v) is 3.60. The summed E-state index contributed by atoms with van der Waals surface area (Å²) < 4.78 is 9.49. The number of hydrogen-bond acceptors (Lipinski definition) is 6. The smallest absolute Gasteiger partial charge is 0.126 e. The topological polar surface area (TPSA) is 95.2 Å². The van der Waals surface area contributed by atoms with Gasteiger partial charge in [0.15, 0.2) is 0 Å². The van der Waals surface area contributed by atoms with Crippen LogP contribution < -0.4 is 11.5 Å². The van der Waals surface area contributed by atoms with Gasteiger partial charge in [-0.05, 0) is 0 Å². The second-order valence-corrected chi connectivity index (χ2v) is 2.20. The number of rotatable bonds is 6. The van der Waals surface area contributed by atoms with E-state index in [-0.39, 0.29) is 0 Å². The van der Waals surface area contributed by atoms with Crippen LogP contribution in [0.1, 0.15) is 0 Å². The maximum Gasteiger partial charge on any atom is 0.126 e. The van der Waals surface area contributed by atoms with E-state index in [9.17, 15) is 0 Å². The zero-order valence-corrected chi connectivity index (χ0v) is 7.43. The number of azo groups is 1. The molecule has 0 saturated heterocycles. The number of methoxy groups -OCH3 is 2. The van der Waals surface area contributed by atoms with Crippen LogP contribution in [-0.2, 0) is 9.47 Å². The van der Waals surface area contributed by atoms with Crippen molar-refractivity contribution in [2.45, 2.75) is 12.5 Å². The Kier molecular flexibility index (Phi) is 6.78. The predicted octanol–water partition coefficient (Wildman–Crippen LogP) is -0.699. The fourth-order valence-electron chi connectivity index (χ4n) is 0.425. The van der Waals surface area contributed by atoms with Crippen molar-refractivity contribution < 1.29 is 9.47 Å². The highest BCUT2D eigenvalue weighted by atomic mass is 16.5. The minimum Gasteiger partial charge on any atom is -0.365 e. The molecule has 0 heterocycles. The van der Waals surface area contributed by atoms with Crippen LogP contribution in [0.15, 0.2) is 10.2 Å². The van der Waals surface area contributed by atoms with Crippen molar-refractivity contribution >= 4 is 0 Å². The average Bonchev–Trinajstić information content (AvgIpc) is 2.11. The molecule has 0 rings (SSSR count). The van der Waals surface area contributed by atoms with Crippen LogP contribution in [0, 0.1) is 0 Å². The van der Waals surface area contributed by atoms with E-state index < -0.39 is 12.5 Å². The SMILES string of the molecule is COC(N)CN=NCC(N)OC. The van der Waals surface area contributed by atoms with Crippen LogP contribution in [0.3, 0.4) is 0 Å². The molecule has 6 nitrogen and oxygen atoms in total. The van der Waals surface area contributed by atoms with Gasteiger partial charge in [-0.25, -0.2) is 0 Å². The molecule has 0 amide bonds. The summed E-state index contributed by atoms with van der Waals surface area (Å²) in [6.07, 6.45) is -0.792. The third kappa shape index (κ3) is 6.17. The lowest BCUT2D eigenvalue weighted by Crippen LogP contribution is -2.26. The Hall–Kier alpha value is -0.560. The molecule has 4 N–H and O–H groups in total.